The molecule has 96 valence electrons. The van der Waals surface area contributed by atoms with Gasteiger partial charge in [-0.3, -0.25) is 4.21 Å². The van der Waals surface area contributed by atoms with Crippen LogP contribution in [0.4, 0.5) is 0 Å². The first kappa shape index (κ1) is 14.4. The number of hydrogen-bond acceptors (Lipinski definition) is 2. The normalized spacial score (nSPS) is 12.6. The Morgan fingerprint density at radius 2 is 1.88 bits per heavy atom. The molecule has 17 heavy (non-hydrogen) atoms. The minimum atomic E-state index is -0.771. The highest BCUT2D eigenvalue weighted by Gasteiger charge is 2.03. The van der Waals surface area contributed by atoms with Gasteiger partial charge in [-0.1, -0.05) is 24.6 Å². The molecule has 0 aromatic heterocycles. The molecule has 0 bridgehead atoms. The van der Waals surface area contributed by atoms with Crippen LogP contribution in [0.25, 0.3) is 0 Å². The maximum atomic E-state index is 11.8. The SMILES string of the molecule is Cc1ccc(CS(=O)CCCCCO)cc1C. The Morgan fingerprint density at radius 1 is 1.12 bits per heavy atom. The molecule has 0 spiro atoms. The molecule has 0 radical (unpaired) electrons. The summed E-state index contributed by atoms with van der Waals surface area (Å²) >= 11 is 0. The maximum absolute atomic E-state index is 11.8. The van der Waals surface area contributed by atoms with Gasteiger partial charge in [0.05, 0.1) is 0 Å². The number of aliphatic hydroxyl groups excluding tert-OH is 1. The summed E-state index contributed by atoms with van der Waals surface area (Å²) in [7, 11) is -0.771. The van der Waals surface area contributed by atoms with E-state index in [2.05, 4.69) is 32.0 Å². The number of aryl methyl sites for hydroxylation is 2. The molecule has 0 amide bonds. The Hall–Kier alpha value is -0.670. The second-order valence-corrected chi connectivity index (χ2v) is 6.07. The number of aliphatic hydroxyl groups is 1. The lowest BCUT2D eigenvalue weighted by molar-refractivity contribution is 0.284. The van der Waals surface area contributed by atoms with Crippen LogP contribution in [-0.2, 0) is 16.6 Å². The summed E-state index contributed by atoms with van der Waals surface area (Å²) in [6.45, 7) is 4.41. The predicted molar refractivity (Wildman–Crippen MR) is 73.6 cm³/mol. The molecule has 0 aliphatic rings. The number of unbranched alkanes of at least 4 members (excludes halogenated alkanes) is 2. The van der Waals surface area contributed by atoms with E-state index >= 15 is 0 Å². The van der Waals surface area contributed by atoms with Crippen molar-refractivity contribution in [1.29, 1.82) is 0 Å². The Morgan fingerprint density at radius 3 is 2.53 bits per heavy atom. The third kappa shape index (κ3) is 5.46. The van der Waals surface area contributed by atoms with Gasteiger partial charge in [-0.25, -0.2) is 0 Å². The molecule has 1 rings (SSSR count). The van der Waals surface area contributed by atoms with E-state index in [0.717, 1.165) is 30.6 Å². The van der Waals surface area contributed by atoms with E-state index in [-0.39, 0.29) is 6.61 Å². The summed E-state index contributed by atoms with van der Waals surface area (Å²) in [5.41, 5.74) is 3.70. The molecule has 0 aliphatic carbocycles. The van der Waals surface area contributed by atoms with Crippen LogP contribution in [0.5, 0.6) is 0 Å². The summed E-state index contributed by atoms with van der Waals surface area (Å²) < 4.78 is 11.8. The van der Waals surface area contributed by atoms with Crippen molar-refractivity contribution in [3.63, 3.8) is 0 Å². The summed E-state index contributed by atoms with van der Waals surface area (Å²) in [5.74, 6) is 1.40. The molecular formula is C14H22O2S. The van der Waals surface area contributed by atoms with Crippen LogP contribution in [0.15, 0.2) is 18.2 Å². The van der Waals surface area contributed by atoms with Crippen molar-refractivity contribution in [1.82, 2.24) is 0 Å². The van der Waals surface area contributed by atoms with Gasteiger partial charge < -0.3 is 5.11 Å². The molecule has 0 aliphatic heterocycles. The highest BCUT2D eigenvalue weighted by Crippen LogP contribution is 2.12. The molecule has 1 aromatic carbocycles. The second-order valence-electron chi connectivity index (χ2n) is 4.49. The number of rotatable bonds is 7. The van der Waals surface area contributed by atoms with E-state index in [1.807, 2.05) is 0 Å². The van der Waals surface area contributed by atoms with Crippen LogP contribution >= 0.6 is 0 Å². The molecule has 0 fully saturated rings. The Kier molecular flexibility index (Phi) is 6.45. The van der Waals surface area contributed by atoms with Gasteiger partial charge in [0.1, 0.15) is 0 Å². The zero-order valence-electron chi connectivity index (χ0n) is 10.7. The van der Waals surface area contributed by atoms with E-state index < -0.39 is 10.8 Å². The Balaban J connectivity index is 2.37. The number of benzene rings is 1. The zero-order chi connectivity index (χ0) is 12.7. The van der Waals surface area contributed by atoms with Crippen LogP contribution < -0.4 is 0 Å². The van der Waals surface area contributed by atoms with Gasteiger partial charge in [0.2, 0.25) is 0 Å². The van der Waals surface area contributed by atoms with Crippen LogP contribution in [0.1, 0.15) is 36.0 Å². The van der Waals surface area contributed by atoms with Crippen molar-refractivity contribution in [2.75, 3.05) is 12.4 Å². The summed E-state index contributed by atoms with van der Waals surface area (Å²) in [5, 5.41) is 8.65. The summed E-state index contributed by atoms with van der Waals surface area (Å²) in [4.78, 5) is 0. The van der Waals surface area contributed by atoms with Crippen molar-refractivity contribution >= 4 is 10.8 Å². The van der Waals surface area contributed by atoms with Crippen molar-refractivity contribution in [2.45, 2.75) is 38.9 Å². The average molecular weight is 254 g/mol. The molecule has 0 heterocycles. The van der Waals surface area contributed by atoms with E-state index in [9.17, 15) is 4.21 Å². The van der Waals surface area contributed by atoms with Crippen molar-refractivity contribution in [2.24, 2.45) is 0 Å². The van der Waals surface area contributed by atoms with Gasteiger partial charge in [-0.2, -0.15) is 0 Å². The molecule has 1 aromatic rings. The van der Waals surface area contributed by atoms with Crippen LogP contribution in [-0.4, -0.2) is 21.7 Å². The Labute approximate surface area is 107 Å². The van der Waals surface area contributed by atoms with Crippen molar-refractivity contribution in [3.8, 4) is 0 Å². The first-order valence-electron chi connectivity index (χ1n) is 6.15. The smallest absolute Gasteiger partial charge is 0.0485 e. The van der Waals surface area contributed by atoms with E-state index in [4.69, 9.17) is 5.11 Å². The lowest BCUT2D eigenvalue weighted by Gasteiger charge is -2.05. The second kappa shape index (κ2) is 7.62. The average Bonchev–Trinajstić information content (AvgIpc) is 2.30. The molecular weight excluding hydrogens is 232 g/mol. The van der Waals surface area contributed by atoms with Crippen LogP contribution in [0, 0.1) is 13.8 Å². The first-order valence-corrected chi connectivity index (χ1v) is 7.64. The monoisotopic (exact) mass is 254 g/mol. The standard InChI is InChI=1S/C14H22O2S/c1-12-6-7-14(10-13(12)2)11-17(16)9-5-3-4-8-15/h6-7,10,15H,3-5,8-9,11H2,1-2H3. The number of hydrogen-bond donors (Lipinski definition) is 1. The summed E-state index contributed by atoms with van der Waals surface area (Å²) in [6.07, 6.45) is 2.73. The lowest BCUT2D eigenvalue weighted by atomic mass is 10.1. The summed E-state index contributed by atoms with van der Waals surface area (Å²) in [6, 6.07) is 6.28. The third-order valence-corrected chi connectivity index (χ3v) is 4.33. The van der Waals surface area contributed by atoms with Crippen LogP contribution in [0.2, 0.25) is 0 Å². The largest absolute Gasteiger partial charge is 0.396 e. The fourth-order valence-corrected chi connectivity index (χ4v) is 2.92. The van der Waals surface area contributed by atoms with Crippen LogP contribution in [0.3, 0.4) is 0 Å². The van der Waals surface area contributed by atoms with Gasteiger partial charge >= 0.3 is 0 Å². The quantitative estimate of drug-likeness (QED) is 0.760. The fraction of sp³-hybridized carbons (Fsp3) is 0.571. The molecule has 0 saturated carbocycles. The van der Waals surface area contributed by atoms with E-state index in [1.54, 1.807) is 0 Å². The van der Waals surface area contributed by atoms with Crippen molar-refractivity contribution in [3.05, 3.63) is 34.9 Å². The fourth-order valence-electron chi connectivity index (χ4n) is 1.70. The van der Waals surface area contributed by atoms with Gasteiger partial charge in [0.15, 0.2) is 0 Å². The van der Waals surface area contributed by atoms with Gasteiger partial charge in [-0.05, 0) is 43.4 Å². The minimum absolute atomic E-state index is 0.240. The highest BCUT2D eigenvalue weighted by molar-refractivity contribution is 7.84. The molecule has 0 saturated heterocycles. The molecule has 2 nitrogen and oxygen atoms in total. The first-order chi connectivity index (χ1) is 8.13. The van der Waals surface area contributed by atoms with Gasteiger partial charge in [-0.15, -0.1) is 0 Å². The molecule has 3 heteroatoms. The topological polar surface area (TPSA) is 37.3 Å². The van der Waals surface area contributed by atoms with Gasteiger partial charge in [0.25, 0.3) is 0 Å². The lowest BCUT2D eigenvalue weighted by Crippen LogP contribution is -2.02. The molecule has 1 atom stereocenters. The minimum Gasteiger partial charge on any atom is -0.396 e. The molecule has 1 N–H and O–H groups in total. The van der Waals surface area contributed by atoms with Gasteiger partial charge in [0, 0.05) is 28.9 Å². The van der Waals surface area contributed by atoms with E-state index in [1.165, 1.54) is 11.1 Å². The van der Waals surface area contributed by atoms with Crippen molar-refractivity contribution < 1.29 is 9.32 Å². The Bertz CT molecular complexity index is 374. The predicted octanol–water partition coefficient (Wildman–Crippen LogP) is 2.71. The molecule has 1 unspecified atom stereocenters. The third-order valence-electron chi connectivity index (χ3n) is 2.93. The highest BCUT2D eigenvalue weighted by atomic mass is 32.2. The zero-order valence-corrected chi connectivity index (χ0v) is 11.6. The maximum Gasteiger partial charge on any atom is 0.0485 e. The van der Waals surface area contributed by atoms with E-state index in [0.29, 0.717) is 5.75 Å².